The third-order valence-electron chi connectivity index (χ3n) is 5.90. The van der Waals surface area contributed by atoms with E-state index in [0.29, 0.717) is 17.1 Å². The second-order valence-corrected chi connectivity index (χ2v) is 8.08. The third-order valence-corrected chi connectivity index (χ3v) is 5.90. The van der Waals surface area contributed by atoms with Crippen molar-refractivity contribution in [3.63, 3.8) is 0 Å². The highest BCUT2D eigenvalue weighted by Crippen LogP contribution is 2.32. The van der Waals surface area contributed by atoms with Crippen LogP contribution in [0.15, 0.2) is 60.7 Å². The number of ketones is 2. The second-order valence-electron chi connectivity index (χ2n) is 8.08. The molecule has 9 nitrogen and oxygen atoms in total. The first-order valence-corrected chi connectivity index (χ1v) is 10.9. The normalized spacial score (nSPS) is 14.1. The van der Waals surface area contributed by atoms with Crippen molar-refractivity contribution >= 4 is 23.4 Å². The molecule has 5 rings (SSSR count). The quantitative estimate of drug-likeness (QED) is 0.388. The lowest BCUT2D eigenvalue weighted by atomic mass is 9.83. The van der Waals surface area contributed by atoms with Crippen molar-refractivity contribution in [2.45, 2.75) is 12.6 Å². The molecule has 1 atom stereocenters. The van der Waals surface area contributed by atoms with Crippen molar-refractivity contribution in [2.24, 2.45) is 0 Å². The lowest BCUT2D eigenvalue weighted by Crippen LogP contribution is -2.48. The van der Waals surface area contributed by atoms with Gasteiger partial charge in [-0.2, -0.15) is 0 Å². The number of aliphatic hydroxyl groups excluding tert-OH is 1. The number of ether oxygens (including phenoxy) is 2. The van der Waals surface area contributed by atoms with Gasteiger partial charge in [-0.05, 0) is 35.9 Å². The SMILES string of the molecule is O=C(N[C@@H](CO)C(=O)NCc1ccc2c(c1)OCO2)c1ccc2c(c1)C(=O)c1ccccc1C2=O. The molecule has 3 N–H and O–H groups in total. The van der Waals surface area contributed by atoms with E-state index >= 15 is 0 Å². The minimum atomic E-state index is -1.22. The Labute approximate surface area is 199 Å². The summed E-state index contributed by atoms with van der Waals surface area (Å²) in [6.45, 7) is -0.343. The molecule has 1 heterocycles. The second kappa shape index (κ2) is 9.03. The number of benzene rings is 3. The molecule has 0 unspecified atom stereocenters. The number of hydrogen-bond acceptors (Lipinski definition) is 7. The topological polar surface area (TPSA) is 131 Å². The van der Waals surface area contributed by atoms with Crippen LogP contribution in [0.2, 0.25) is 0 Å². The van der Waals surface area contributed by atoms with Gasteiger partial charge in [-0.3, -0.25) is 19.2 Å². The maximum Gasteiger partial charge on any atom is 0.252 e. The highest BCUT2D eigenvalue weighted by atomic mass is 16.7. The lowest BCUT2D eigenvalue weighted by molar-refractivity contribution is -0.124. The number of carbonyl (C=O) groups excluding carboxylic acids is 4. The van der Waals surface area contributed by atoms with E-state index in [-0.39, 0.29) is 47.2 Å². The average molecular weight is 472 g/mol. The molecule has 2 amide bonds. The Morgan fingerprint density at radius 2 is 1.54 bits per heavy atom. The first kappa shape index (κ1) is 22.3. The molecular weight excluding hydrogens is 452 g/mol. The predicted molar refractivity (Wildman–Crippen MR) is 123 cm³/mol. The van der Waals surface area contributed by atoms with Gasteiger partial charge in [-0.25, -0.2) is 0 Å². The van der Waals surface area contributed by atoms with Gasteiger partial charge in [0.2, 0.25) is 12.7 Å². The van der Waals surface area contributed by atoms with Crippen molar-refractivity contribution in [3.8, 4) is 11.5 Å². The van der Waals surface area contributed by atoms with Gasteiger partial charge in [0.15, 0.2) is 23.1 Å². The van der Waals surface area contributed by atoms with Gasteiger partial charge in [-0.1, -0.05) is 30.3 Å². The van der Waals surface area contributed by atoms with Crippen LogP contribution in [0.1, 0.15) is 47.8 Å². The fourth-order valence-corrected chi connectivity index (χ4v) is 4.04. The Morgan fingerprint density at radius 3 is 2.29 bits per heavy atom. The summed E-state index contributed by atoms with van der Waals surface area (Å²) in [6, 6.07) is 14.7. The van der Waals surface area contributed by atoms with E-state index < -0.39 is 24.5 Å². The average Bonchev–Trinajstić information content (AvgIpc) is 3.36. The molecule has 1 aliphatic heterocycles. The number of fused-ring (bicyclic) bond motifs is 3. The summed E-state index contributed by atoms with van der Waals surface area (Å²) in [5, 5.41) is 14.8. The summed E-state index contributed by atoms with van der Waals surface area (Å²) in [5.41, 5.74) is 1.77. The minimum Gasteiger partial charge on any atom is -0.454 e. The highest BCUT2D eigenvalue weighted by molar-refractivity contribution is 6.28. The fourth-order valence-electron chi connectivity index (χ4n) is 4.04. The van der Waals surface area contributed by atoms with Gasteiger partial charge < -0.3 is 25.2 Å². The number of nitrogens with one attached hydrogen (secondary N) is 2. The first-order valence-electron chi connectivity index (χ1n) is 10.9. The van der Waals surface area contributed by atoms with Gasteiger partial charge in [-0.15, -0.1) is 0 Å². The number of carbonyl (C=O) groups is 4. The van der Waals surface area contributed by atoms with Crippen LogP contribution in [0.5, 0.6) is 11.5 Å². The molecule has 0 saturated heterocycles. The van der Waals surface area contributed by atoms with Crippen LogP contribution in [-0.2, 0) is 11.3 Å². The van der Waals surface area contributed by atoms with E-state index in [0.717, 1.165) is 5.56 Å². The van der Waals surface area contributed by atoms with Crippen LogP contribution in [0, 0.1) is 0 Å². The monoisotopic (exact) mass is 472 g/mol. The number of aliphatic hydroxyl groups is 1. The van der Waals surface area contributed by atoms with Gasteiger partial charge in [0.25, 0.3) is 5.91 Å². The van der Waals surface area contributed by atoms with Gasteiger partial charge in [0, 0.05) is 34.4 Å². The van der Waals surface area contributed by atoms with Crippen LogP contribution >= 0.6 is 0 Å². The Hall–Kier alpha value is -4.50. The molecule has 0 radical (unpaired) electrons. The van der Waals surface area contributed by atoms with Gasteiger partial charge in [0.1, 0.15) is 6.04 Å². The highest BCUT2D eigenvalue weighted by Gasteiger charge is 2.30. The molecule has 3 aromatic carbocycles. The summed E-state index contributed by atoms with van der Waals surface area (Å²) in [5.74, 6) is -0.703. The van der Waals surface area contributed by atoms with E-state index in [2.05, 4.69) is 10.6 Å². The predicted octanol–water partition coefficient (Wildman–Crippen LogP) is 1.60. The fraction of sp³-hybridized carbons (Fsp3) is 0.154. The molecule has 0 aromatic heterocycles. The molecule has 0 saturated carbocycles. The molecule has 176 valence electrons. The van der Waals surface area contributed by atoms with Crippen molar-refractivity contribution in [2.75, 3.05) is 13.4 Å². The number of rotatable bonds is 6. The minimum absolute atomic E-state index is 0.0892. The largest absolute Gasteiger partial charge is 0.454 e. The standard InChI is InChI=1S/C26H20N2O7/c29-12-20(26(33)27-11-14-5-8-21-22(9-14)35-13-34-21)28-25(32)15-6-7-18-19(10-15)24(31)17-4-2-1-3-16(17)23(18)30/h1-10,20,29H,11-13H2,(H,27,33)(H,28,32)/t20-/m0/s1. The van der Waals surface area contributed by atoms with Crippen molar-refractivity contribution in [1.82, 2.24) is 10.6 Å². The molecule has 2 aliphatic rings. The number of amides is 2. The molecule has 0 fully saturated rings. The van der Waals surface area contributed by atoms with Crippen molar-refractivity contribution in [1.29, 1.82) is 0 Å². The van der Waals surface area contributed by atoms with Crippen LogP contribution in [-0.4, -0.2) is 47.9 Å². The maximum absolute atomic E-state index is 12.9. The van der Waals surface area contributed by atoms with E-state index in [1.54, 1.807) is 42.5 Å². The van der Waals surface area contributed by atoms with Crippen LogP contribution < -0.4 is 20.1 Å². The molecule has 35 heavy (non-hydrogen) atoms. The maximum atomic E-state index is 12.9. The van der Waals surface area contributed by atoms with E-state index in [1.165, 1.54) is 18.2 Å². The van der Waals surface area contributed by atoms with Crippen molar-refractivity contribution in [3.05, 3.63) is 94.0 Å². The molecule has 1 aliphatic carbocycles. The van der Waals surface area contributed by atoms with Gasteiger partial charge in [0.05, 0.1) is 6.61 Å². The zero-order valence-electron chi connectivity index (χ0n) is 18.4. The Balaban J connectivity index is 1.27. The number of hydrogen-bond donors (Lipinski definition) is 3. The summed E-state index contributed by atoms with van der Waals surface area (Å²) < 4.78 is 10.6. The zero-order chi connectivity index (χ0) is 24.5. The van der Waals surface area contributed by atoms with Crippen LogP contribution in [0.3, 0.4) is 0 Å². The van der Waals surface area contributed by atoms with E-state index in [9.17, 15) is 24.3 Å². The summed E-state index contributed by atoms with van der Waals surface area (Å²) >= 11 is 0. The van der Waals surface area contributed by atoms with E-state index in [1.807, 2.05) is 0 Å². The van der Waals surface area contributed by atoms with E-state index in [4.69, 9.17) is 9.47 Å². The van der Waals surface area contributed by atoms with Crippen molar-refractivity contribution < 1.29 is 33.8 Å². The van der Waals surface area contributed by atoms with Gasteiger partial charge >= 0.3 is 0 Å². The molecular formula is C26H20N2O7. The summed E-state index contributed by atoms with van der Waals surface area (Å²) in [4.78, 5) is 51.0. The zero-order valence-corrected chi connectivity index (χ0v) is 18.4. The Morgan fingerprint density at radius 1 is 0.857 bits per heavy atom. The Bertz CT molecular complexity index is 1380. The Kier molecular flexibility index (Phi) is 5.76. The molecule has 9 heteroatoms. The molecule has 3 aromatic rings. The first-order chi connectivity index (χ1) is 17.0. The van der Waals surface area contributed by atoms with Crippen LogP contribution in [0.25, 0.3) is 0 Å². The van der Waals surface area contributed by atoms with Crippen LogP contribution in [0.4, 0.5) is 0 Å². The lowest BCUT2D eigenvalue weighted by Gasteiger charge is -2.19. The smallest absolute Gasteiger partial charge is 0.252 e. The summed E-state index contributed by atoms with van der Waals surface area (Å²) in [6.07, 6.45) is 0. The summed E-state index contributed by atoms with van der Waals surface area (Å²) in [7, 11) is 0. The molecule has 0 spiro atoms. The third kappa shape index (κ3) is 4.13. The molecule has 0 bridgehead atoms.